The second-order valence-corrected chi connectivity index (χ2v) is 9.69. The molecule has 0 aliphatic rings. The van der Waals surface area contributed by atoms with Gasteiger partial charge in [0.05, 0.1) is 29.1 Å². The Balaban J connectivity index is 2.41. The molecule has 0 heterocycles. The molecule has 0 aromatic heterocycles. The van der Waals surface area contributed by atoms with E-state index in [0.717, 1.165) is 16.1 Å². The Morgan fingerprint density at radius 3 is 2.28 bits per heavy atom. The summed E-state index contributed by atoms with van der Waals surface area (Å²) >= 11 is 12.2. The quantitative estimate of drug-likeness (QED) is 0.569. The van der Waals surface area contributed by atoms with Crippen molar-refractivity contribution in [3.8, 4) is 5.75 Å². The third-order valence-corrected chi connectivity index (χ3v) is 6.74. The highest BCUT2D eigenvalue weighted by Gasteiger charge is 2.30. The Morgan fingerprint density at radius 2 is 1.75 bits per heavy atom. The van der Waals surface area contributed by atoms with Crippen LogP contribution in [-0.2, 0) is 26.2 Å². The number of benzene rings is 2. The maximum atomic E-state index is 13.3. The highest BCUT2D eigenvalue weighted by Crippen LogP contribution is 2.33. The Morgan fingerprint density at radius 1 is 1.12 bits per heavy atom. The Bertz CT molecular complexity index is 1080. The number of sulfonamides is 1. The number of methoxy groups -OCH3 is 1. The van der Waals surface area contributed by atoms with Gasteiger partial charge in [0.1, 0.15) is 18.3 Å². The average Bonchev–Trinajstić information content (AvgIpc) is 2.76. The lowest BCUT2D eigenvalue weighted by molar-refractivity contribution is -0.139. The van der Waals surface area contributed by atoms with Gasteiger partial charge >= 0.3 is 0 Å². The summed E-state index contributed by atoms with van der Waals surface area (Å²) < 4.78 is 31.0. The van der Waals surface area contributed by atoms with Crippen LogP contribution in [0.1, 0.15) is 12.5 Å². The fourth-order valence-corrected chi connectivity index (χ4v) is 4.30. The van der Waals surface area contributed by atoms with Crippen LogP contribution in [0.5, 0.6) is 5.75 Å². The summed E-state index contributed by atoms with van der Waals surface area (Å²) in [6, 6.07) is 10.6. The van der Waals surface area contributed by atoms with Gasteiger partial charge in [0, 0.05) is 13.6 Å². The molecule has 0 aliphatic heterocycles. The molecule has 1 atom stereocenters. The summed E-state index contributed by atoms with van der Waals surface area (Å²) in [5, 5.41) is 2.67. The number of nitrogens with one attached hydrogen (secondary N) is 1. The minimum Gasteiger partial charge on any atom is -0.497 e. The van der Waals surface area contributed by atoms with E-state index in [-0.39, 0.29) is 22.3 Å². The zero-order valence-electron chi connectivity index (χ0n) is 18.1. The number of rotatable bonds is 9. The van der Waals surface area contributed by atoms with Crippen molar-refractivity contribution in [1.29, 1.82) is 0 Å². The number of likely N-dealkylation sites (N-methyl/N-ethyl adjacent to an activating group) is 1. The van der Waals surface area contributed by atoms with Gasteiger partial charge in [0.25, 0.3) is 0 Å². The Labute approximate surface area is 198 Å². The molecule has 0 unspecified atom stereocenters. The van der Waals surface area contributed by atoms with E-state index < -0.39 is 34.4 Å². The molecule has 0 saturated carbocycles. The SMILES string of the molecule is CNC(=O)[C@H](C)N(Cc1ccc(OC)cc1)C(=O)CN(c1cccc(Cl)c1Cl)S(C)(=O)=O. The molecule has 2 aromatic carbocycles. The number of carbonyl (C=O) groups is 2. The lowest BCUT2D eigenvalue weighted by atomic mass is 10.1. The van der Waals surface area contributed by atoms with Crippen LogP contribution in [0, 0.1) is 0 Å². The van der Waals surface area contributed by atoms with Crippen LogP contribution >= 0.6 is 23.2 Å². The van der Waals surface area contributed by atoms with Crippen molar-refractivity contribution in [2.75, 3.05) is 31.3 Å². The molecule has 2 aromatic rings. The van der Waals surface area contributed by atoms with E-state index in [1.165, 1.54) is 30.1 Å². The molecule has 2 amide bonds. The lowest BCUT2D eigenvalue weighted by Crippen LogP contribution is -2.50. The maximum Gasteiger partial charge on any atom is 0.244 e. The Hall–Kier alpha value is -2.49. The largest absolute Gasteiger partial charge is 0.497 e. The predicted octanol–water partition coefficient (Wildman–Crippen LogP) is 2.93. The maximum absolute atomic E-state index is 13.3. The number of anilines is 1. The van der Waals surface area contributed by atoms with Gasteiger partial charge < -0.3 is 15.0 Å². The first-order valence-corrected chi connectivity index (χ1v) is 12.2. The minimum atomic E-state index is -3.89. The molecule has 0 spiro atoms. The van der Waals surface area contributed by atoms with E-state index in [1.807, 2.05) is 0 Å². The van der Waals surface area contributed by atoms with Gasteiger partial charge in [-0.3, -0.25) is 13.9 Å². The summed E-state index contributed by atoms with van der Waals surface area (Å²) in [6.45, 7) is 1.09. The smallest absolute Gasteiger partial charge is 0.244 e. The van der Waals surface area contributed by atoms with Crippen molar-refractivity contribution >= 4 is 50.7 Å². The van der Waals surface area contributed by atoms with Gasteiger partial charge in [0.15, 0.2) is 0 Å². The number of halogens is 2. The van der Waals surface area contributed by atoms with E-state index in [0.29, 0.717) is 5.75 Å². The van der Waals surface area contributed by atoms with Crippen LogP contribution in [0.4, 0.5) is 5.69 Å². The van der Waals surface area contributed by atoms with Crippen LogP contribution < -0.4 is 14.4 Å². The normalized spacial score (nSPS) is 12.1. The van der Waals surface area contributed by atoms with Crippen molar-refractivity contribution in [3.63, 3.8) is 0 Å². The summed E-state index contributed by atoms with van der Waals surface area (Å²) in [7, 11) is -0.891. The van der Waals surface area contributed by atoms with Gasteiger partial charge in [-0.15, -0.1) is 0 Å². The van der Waals surface area contributed by atoms with Crippen LogP contribution in [0.2, 0.25) is 10.0 Å². The number of nitrogens with zero attached hydrogens (tertiary/aromatic N) is 2. The molecule has 8 nitrogen and oxygen atoms in total. The van der Waals surface area contributed by atoms with Crippen molar-refractivity contribution in [1.82, 2.24) is 10.2 Å². The topological polar surface area (TPSA) is 96.0 Å². The molecule has 174 valence electrons. The standard InChI is InChI=1S/C21H25Cl2N3O5S/c1-14(21(28)24-2)25(12-15-8-10-16(31-3)11-9-15)19(27)13-26(32(4,29)30)18-7-5-6-17(22)20(18)23/h5-11,14H,12-13H2,1-4H3,(H,24,28)/t14-/m0/s1. The molecule has 0 aliphatic carbocycles. The van der Waals surface area contributed by atoms with Crippen LogP contribution in [-0.4, -0.2) is 58.1 Å². The number of hydrogen-bond donors (Lipinski definition) is 1. The van der Waals surface area contributed by atoms with Gasteiger partial charge in [-0.05, 0) is 36.8 Å². The van der Waals surface area contributed by atoms with E-state index >= 15 is 0 Å². The van der Waals surface area contributed by atoms with Crippen molar-refractivity contribution in [2.24, 2.45) is 0 Å². The van der Waals surface area contributed by atoms with Gasteiger partial charge in [-0.2, -0.15) is 0 Å². The first-order chi connectivity index (χ1) is 15.0. The van der Waals surface area contributed by atoms with Crippen LogP contribution in [0.3, 0.4) is 0 Å². The minimum absolute atomic E-state index is 0.00782. The third kappa shape index (κ3) is 6.27. The van der Waals surface area contributed by atoms with Crippen LogP contribution in [0.15, 0.2) is 42.5 Å². The molecular formula is C21H25Cl2N3O5S. The monoisotopic (exact) mass is 501 g/mol. The number of amides is 2. The summed E-state index contributed by atoms with van der Waals surface area (Å²) in [4.78, 5) is 26.9. The summed E-state index contributed by atoms with van der Waals surface area (Å²) in [6.07, 6.45) is 0.966. The van der Waals surface area contributed by atoms with Crippen molar-refractivity contribution < 1.29 is 22.7 Å². The average molecular weight is 502 g/mol. The number of hydrogen-bond acceptors (Lipinski definition) is 5. The number of ether oxygens (including phenoxy) is 1. The molecule has 0 saturated heterocycles. The molecule has 1 N–H and O–H groups in total. The zero-order valence-corrected chi connectivity index (χ0v) is 20.5. The Kier molecular flexibility index (Phi) is 8.77. The van der Waals surface area contributed by atoms with Gasteiger partial charge in [0.2, 0.25) is 21.8 Å². The summed E-state index contributed by atoms with van der Waals surface area (Å²) in [5.74, 6) is -0.332. The first kappa shape index (κ1) is 25.8. The van der Waals surface area contributed by atoms with E-state index in [1.54, 1.807) is 38.3 Å². The first-order valence-electron chi connectivity index (χ1n) is 9.55. The fraction of sp³-hybridized carbons (Fsp3) is 0.333. The van der Waals surface area contributed by atoms with Crippen LogP contribution in [0.25, 0.3) is 0 Å². The third-order valence-electron chi connectivity index (χ3n) is 4.80. The van der Waals surface area contributed by atoms with E-state index in [4.69, 9.17) is 27.9 Å². The van der Waals surface area contributed by atoms with E-state index in [9.17, 15) is 18.0 Å². The summed E-state index contributed by atoms with van der Waals surface area (Å²) in [5.41, 5.74) is 0.814. The van der Waals surface area contributed by atoms with Gasteiger partial charge in [-0.25, -0.2) is 8.42 Å². The van der Waals surface area contributed by atoms with E-state index in [2.05, 4.69) is 5.32 Å². The molecule has 0 bridgehead atoms. The van der Waals surface area contributed by atoms with Gasteiger partial charge in [-0.1, -0.05) is 41.4 Å². The van der Waals surface area contributed by atoms with Crippen molar-refractivity contribution in [3.05, 3.63) is 58.1 Å². The molecule has 0 fully saturated rings. The second kappa shape index (κ2) is 10.9. The van der Waals surface area contributed by atoms with Crippen molar-refractivity contribution in [2.45, 2.75) is 19.5 Å². The predicted molar refractivity (Wildman–Crippen MR) is 126 cm³/mol. The zero-order chi connectivity index (χ0) is 24.1. The molecule has 32 heavy (non-hydrogen) atoms. The fourth-order valence-electron chi connectivity index (χ4n) is 3.00. The molecule has 2 rings (SSSR count). The number of carbonyl (C=O) groups excluding carboxylic acids is 2. The highest BCUT2D eigenvalue weighted by molar-refractivity contribution is 7.92. The second-order valence-electron chi connectivity index (χ2n) is 7.00. The molecule has 11 heteroatoms. The lowest BCUT2D eigenvalue weighted by Gasteiger charge is -2.31. The molecule has 0 radical (unpaired) electrons. The molecular weight excluding hydrogens is 477 g/mol. The highest BCUT2D eigenvalue weighted by atomic mass is 35.5.